The number of hydrogen-bond acceptors (Lipinski definition) is 6. The van der Waals surface area contributed by atoms with E-state index in [1.54, 1.807) is 0 Å². The quantitative estimate of drug-likeness (QED) is 0.386. The van der Waals surface area contributed by atoms with E-state index >= 15 is 0 Å². The summed E-state index contributed by atoms with van der Waals surface area (Å²) < 4.78 is 9.97. The van der Waals surface area contributed by atoms with Gasteiger partial charge in [-0.3, -0.25) is 9.59 Å². The number of rotatable bonds is 13. The zero-order valence-electron chi connectivity index (χ0n) is 12.7. The van der Waals surface area contributed by atoms with Gasteiger partial charge in [-0.2, -0.15) is 0 Å². The summed E-state index contributed by atoms with van der Waals surface area (Å²) in [6.45, 7) is 6.67. The molecule has 0 saturated heterocycles. The van der Waals surface area contributed by atoms with E-state index < -0.39 is 0 Å². The summed E-state index contributed by atoms with van der Waals surface area (Å²) in [4.78, 5) is 22.5. The highest BCUT2D eigenvalue weighted by molar-refractivity contribution is 5.72. The van der Waals surface area contributed by atoms with E-state index in [1.165, 1.54) is 0 Å². The molecule has 6 heteroatoms. The molecule has 0 radical (unpaired) electrons. The van der Waals surface area contributed by atoms with Crippen LogP contribution in [-0.4, -0.2) is 51.3 Å². The second-order valence-electron chi connectivity index (χ2n) is 4.50. The van der Waals surface area contributed by atoms with Crippen molar-refractivity contribution in [1.29, 1.82) is 0 Å². The van der Waals surface area contributed by atoms with Crippen molar-refractivity contribution in [1.82, 2.24) is 10.6 Å². The van der Waals surface area contributed by atoms with Gasteiger partial charge in [-0.25, -0.2) is 0 Å². The molecule has 0 aliphatic carbocycles. The molecule has 0 atom stereocenters. The predicted molar refractivity (Wildman–Crippen MR) is 77.5 cm³/mol. The Labute approximate surface area is 121 Å². The fraction of sp³-hybridized carbons (Fsp3) is 0.857. The van der Waals surface area contributed by atoms with Gasteiger partial charge in [0.15, 0.2) is 0 Å². The minimum absolute atomic E-state index is 0.201. The van der Waals surface area contributed by atoms with Crippen LogP contribution in [0.25, 0.3) is 0 Å². The lowest BCUT2D eigenvalue weighted by atomic mass is 10.4. The second kappa shape index (κ2) is 14.3. The molecule has 0 bridgehead atoms. The molecule has 2 N–H and O–H groups in total. The van der Waals surface area contributed by atoms with Gasteiger partial charge in [0.05, 0.1) is 26.3 Å². The maximum atomic E-state index is 11.2. The first-order valence-corrected chi connectivity index (χ1v) is 7.43. The summed E-state index contributed by atoms with van der Waals surface area (Å²) in [6.07, 6.45) is 3.82. The third kappa shape index (κ3) is 13.3. The van der Waals surface area contributed by atoms with Crippen LogP contribution in [-0.2, 0) is 19.1 Å². The lowest BCUT2D eigenvalue weighted by molar-refractivity contribution is -0.143. The van der Waals surface area contributed by atoms with E-state index in [-0.39, 0.29) is 25.0 Å². The van der Waals surface area contributed by atoms with Crippen LogP contribution in [0.4, 0.5) is 0 Å². The van der Waals surface area contributed by atoms with Crippen molar-refractivity contribution in [3.8, 4) is 0 Å². The van der Waals surface area contributed by atoms with E-state index in [2.05, 4.69) is 10.6 Å². The normalized spacial score (nSPS) is 10.3. The molecule has 0 saturated carbocycles. The molecule has 6 nitrogen and oxygen atoms in total. The van der Waals surface area contributed by atoms with Gasteiger partial charge in [-0.1, -0.05) is 26.7 Å². The summed E-state index contributed by atoms with van der Waals surface area (Å²) in [6, 6.07) is 0. The average Bonchev–Trinajstić information content (AvgIpc) is 2.43. The molecule has 0 amide bonds. The minimum Gasteiger partial charge on any atom is -0.465 e. The fourth-order valence-electron chi connectivity index (χ4n) is 1.32. The number of carbonyl (C=O) groups excluding carboxylic acids is 2. The first-order valence-electron chi connectivity index (χ1n) is 7.43. The third-order valence-corrected chi connectivity index (χ3v) is 2.54. The molecule has 0 unspecified atom stereocenters. The van der Waals surface area contributed by atoms with Crippen molar-refractivity contribution in [2.45, 2.75) is 39.5 Å². The number of unbranched alkanes of at least 4 members (excludes halogenated alkanes) is 2. The van der Waals surface area contributed by atoms with Crippen LogP contribution in [0, 0.1) is 0 Å². The molecule has 0 aromatic carbocycles. The molecular formula is C14H28N2O4. The molecular weight excluding hydrogens is 260 g/mol. The molecule has 0 aliphatic rings. The van der Waals surface area contributed by atoms with Crippen LogP contribution in [0.1, 0.15) is 39.5 Å². The van der Waals surface area contributed by atoms with Gasteiger partial charge < -0.3 is 20.1 Å². The number of carbonyl (C=O) groups is 2. The van der Waals surface area contributed by atoms with Crippen molar-refractivity contribution in [2.24, 2.45) is 0 Å². The van der Waals surface area contributed by atoms with Gasteiger partial charge in [0.1, 0.15) is 0 Å². The van der Waals surface area contributed by atoms with Crippen LogP contribution in [0.3, 0.4) is 0 Å². The van der Waals surface area contributed by atoms with Crippen LogP contribution >= 0.6 is 0 Å². The Morgan fingerprint density at radius 2 is 1.20 bits per heavy atom. The monoisotopic (exact) mass is 288 g/mol. The van der Waals surface area contributed by atoms with Crippen molar-refractivity contribution < 1.29 is 19.1 Å². The Morgan fingerprint density at radius 3 is 1.55 bits per heavy atom. The van der Waals surface area contributed by atoms with Crippen LogP contribution < -0.4 is 10.6 Å². The molecule has 0 fully saturated rings. The topological polar surface area (TPSA) is 76.7 Å². The summed E-state index contributed by atoms with van der Waals surface area (Å²) in [5.74, 6) is -0.477. The van der Waals surface area contributed by atoms with Gasteiger partial charge in [0, 0.05) is 13.1 Å². The van der Waals surface area contributed by atoms with Crippen LogP contribution in [0.2, 0.25) is 0 Å². The minimum atomic E-state index is -0.238. The molecule has 0 rings (SSSR count). The number of hydrogen-bond donors (Lipinski definition) is 2. The Hall–Kier alpha value is -1.14. The zero-order valence-corrected chi connectivity index (χ0v) is 12.7. The molecule has 0 aromatic heterocycles. The maximum Gasteiger partial charge on any atom is 0.319 e. The molecule has 0 heterocycles. The first kappa shape index (κ1) is 18.9. The number of nitrogens with one attached hydrogen (secondary N) is 2. The van der Waals surface area contributed by atoms with Crippen molar-refractivity contribution in [3.63, 3.8) is 0 Å². The highest BCUT2D eigenvalue weighted by atomic mass is 16.5. The highest BCUT2D eigenvalue weighted by Gasteiger charge is 2.02. The Kier molecular flexibility index (Phi) is 13.5. The fourth-order valence-corrected chi connectivity index (χ4v) is 1.32. The molecule has 118 valence electrons. The van der Waals surface area contributed by atoms with Crippen LogP contribution in [0.15, 0.2) is 0 Å². The first-order chi connectivity index (χ1) is 9.70. The Bertz CT molecular complexity index is 234. The summed E-state index contributed by atoms with van der Waals surface area (Å²) in [5, 5.41) is 5.90. The zero-order chi connectivity index (χ0) is 15.1. The van der Waals surface area contributed by atoms with E-state index in [0.717, 1.165) is 25.7 Å². The van der Waals surface area contributed by atoms with E-state index in [9.17, 15) is 9.59 Å². The SMILES string of the molecule is CCCCOC(=O)CNCCNCC(=O)OCCCC. The van der Waals surface area contributed by atoms with Gasteiger partial charge in [0.25, 0.3) is 0 Å². The van der Waals surface area contributed by atoms with Crippen molar-refractivity contribution >= 4 is 11.9 Å². The van der Waals surface area contributed by atoms with E-state index in [4.69, 9.17) is 9.47 Å². The van der Waals surface area contributed by atoms with Gasteiger partial charge in [-0.15, -0.1) is 0 Å². The number of ether oxygens (including phenoxy) is 2. The standard InChI is InChI=1S/C14H28N2O4/c1-3-5-9-19-13(17)11-15-7-8-16-12-14(18)20-10-6-4-2/h15-16H,3-12H2,1-2H3. The predicted octanol–water partition coefficient (Wildman–Crippen LogP) is 0.852. The highest BCUT2D eigenvalue weighted by Crippen LogP contribution is 1.88. The Balaban J connectivity index is 3.27. The third-order valence-electron chi connectivity index (χ3n) is 2.54. The molecule has 0 spiro atoms. The second-order valence-corrected chi connectivity index (χ2v) is 4.50. The average molecular weight is 288 g/mol. The Morgan fingerprint density at radius 1 is 0.800 bits per heavy atom. The summed E-state index contributed by atoms with van der Waals surface area (Å²) >= 11 is 0. The van der Waals surface area contributed by atoms with E-state index in [0.29, 0.717) is 26.3 Å². The van der Waals surface area contributed by atoms with Gasteiger partial charge >= 0.3 is 11.9 Å². The largest absolute Gasteiger partial charge is 0.465 e. The van der Waals surface area contributed by atoms with Crippen molar-refractivity contribution in [2.75, 3.05) is 39.4 Å². The summed E-state index contributed by atoms with van der Waals surface area (Å²) in [7, 11) is 0. The lowest BCUT2D eigenvalue weighted by Gasteiger charge is -2.07. The molecule has 20 heavy (non-hydrogen) atoms. The van der Waals surface area contributed by atoms with Gasteiger partial charge in [0.2, 0.25) is 0 Å². The van der Waals surface area contributed by atoms with Gasteiger partial charge in [-0.05, 0) is 12.8 Å². The molecule has 0 aliphatic heterocycles. The smallest absolute Gasteiger partial charge is 0.319 e. The van der Waals surface area contributed by atoms with E-state index in [1.807, 2.05) is 13.8 Å². The number of esters is 2. The maximum absolute atomic E-state index is 11.2. The van der Waals surface area contributed by atoms with Crippen molar-refractivity contribution in [3.05, 3.63) is 0 Å². The molecule has 0 aromatic rings. The van der Waals surface area contributed by atoms with Crippen LogP contribution in [0.5, 0.6) is 0 Å². The summed E-state index contributed by atoms with van der Waals surface area (Å²) in [5.41, 5.74) is 0. The lowest BCUT2D eigenvalue weighted by Crippen LogP contribution is -2.34.